The zero-order valence-corrected chi connectivity index (χ0v) is 16.5. The summed E-state index contributed by atoms with van der Waals surface area (Å²) in [6.45, 7) is 3.40. The predicted molar refractivity (Wildman–Crippen MR) is 109 cm³/mol. The molecule has 2 aromatic carbocycles. The maximum absolute atomic E-state index is 13.0. The third-order valence-electron chi connectivity index (χ3n) is 4.66. The molecule has 0 saturated carbocycles. The summed E-state index contributed by atoms with van der Waals surface area (Å²) in [5.41, 5.74) is 7.78. The lowest BCUT2D eigenvalue weighted by molar-refractivity contribution is 0.100. The van der Waals surface area contributed by atoms with Crippen LogP contribution in [0.3, 0.4) is 0 Å². The molecule has 0 atom stereocenters. The van der Waals surface area contributed by atoms with Crippen LogP contribution >= 0.6 is 0 Å². The first-order valence-electron chi connectivity index (χ1n) is 8.73. The van der Waals surface area contributed by atoms with Crippen LogP contribution in [0, 0.1) is 13.8 Å². The van der Waals surface area contributed by atoms with Gasteiger partial charge in [-0.05, 0) is 43.2 Å². The summed E-state index contributed by atoms with van der Waals surface area (Å²) in [4.78, 5) is 29.2. The van der Waals surface area contributed by atoms with Crippen LogP contribution in [0.5, 0.6) is 17.2 Å². The number of benzene rings is 2. The molecule has 0 saturated heterocycles. The molecule has 3 aromatic rings. The molecule has 150 valence electrons. The first-order chi connectivity index (χ1) is 13.8. The van der Waals surface area contributed by atoms with E-state index in [1.54, 1.807) is 32.0 Å². The number of phenolic OH excluding ortho intramolecular Hbond substituents is 1. The average molecular weight is 395 g/mol. The van der Waals surface area contributed by atoms with Crippen LogP contribution in [0.25, 0.3) is 10.9 Å². The first-order valence-corrected chi connectivity index (χ1v) is 8.73. The van der Waals surface area contributed by atoms with Crippen molar-refractivity contribution in [3.63, 3.8) is 0 Å². The van der Waals surface area contributed by atoms with Crippen LogP contribution in [0.2, 0.25) is 0 Å². The van der Waals surface area contributed by atoms with E-state index in [9.17, 15) is 14.7 Å². The smallest absolute Gasteiger partial charge is 0.255 e. The quantitative estimate of drug-likeness (QED) is 0.610. The first kappa shape index (κ1) is 19.9. The number of rotatable bonds is 5. The molecule has 3 rings (SSSR count). The molecular formula is C21H21N3O5. The molecule has 1 heterocycles. The largest absolute Gasteiger partial charge is 0.508 e. The highest BCUT2D eigenvalue weighted by molar-refractivity contribution is 6.15. The van der Waals surface area contributed by atoms with E-state index >= 15 is 0 Å². The van der Waals surface area contributed by atoms with E-state index in [1.165, 1.54) is 26.5 Å². The molecule has 0 aliphatic carbocycles. The molecule has 0 radical (unpaired) electrons. The minimum Gasteiger partial charge on any atom is -0.508 e. The van der Waals surface area contributed by atoms with Crippen molar-refractivity contribution in [2.45, 2.75) is 13.8 Å². The number of carbonyl (C=O) groups excluding carboxylic acids is 2. The number of nitrogens with zero attached hydrogens (tertiary/aromatic N) is 1. The van der Waals surface area contributed by atoms with Gasteiger partial charge in [-0.15, -0.1) is 0 Å². The standard InChI is InChI=1S/C21H21N3O5/c1-10-6-16(25)11(2)5-12(10)21(27)24-19-13-7-17(28-3)18(29-4)8-15(13)23-9-14(19)20(22)26/h5-9,25H,1-4H3,(H2,22,26)(H,23,24,27). The van der Waals surface area contributed by atoms with E-state index in [0.29, 0.717) is 39.1 Å². The number of aryl methyl sites for hydroxylation is 2. The van der Waals surface area contributed by atoms with Crippen molar-refractivity contribution >= 4 is 28.4 Å². The fraction of sp³-hybridized carbons (Fsp3) is 0.190. The van der Waals surface area contributed by atoms with Crippen LogP contribution in [0.15, 0.2) is 30.5 Å². The highest BCUT2D eigenvalue weighted by Gasteiger charge is 2.20. The molecular weight excluding hydrogens is 374 g/mol. The molecule has 0 unspecified atom stereocenters. The Morgan fingerprint density at radius 1 is 1.00 bits per heavy atom. The molecule has 0 fully saturated rings. The second-order valence-corrected chi connectivity index (χ2v) is 6.54. The minimum atomic E-state index is -0.733. The lowest BCUT2D eigenvalue weighted by Crippen LogP contribution is -2.20. The topological polar surface area (TPSA) is 124 Å². The summed E-state index contributed by atoms with van der Waals surface area (Å²) in [6.07, 6.45) is 1.31. The number of ether oxygens (including phenoxy) is 2. The summed E-state index contributed by atoms with van der Waals surface area (Å²) in [6, 6.07) is 6.36. The fourth-order valence-corrected chi connectivity index (χ4v) is 3.07. The zero-order valence-electron chi connectivity index (χ0n) is 16.5. The second-order valence-electron chi connectivity index (χ2n) is 6.54. The van der Waals surface area contributed by atoms with E-state index in [0.717, 1.165) is 0 Å². The van der Waals surface area contributed by atoms with Crippen LogP contribution in [-0.2, 0) is 0 Å². The maximum atomic E-state index is 13.0. The number of fused-ring (bicyclic) bond motifs is 1. The van der Waals surface area contributed by atoms with Gasteiger partial charge in [-0.1, -0.05) is 0 Å². The van der Waals surface area contributed by atoms with Crippen molar-refractivity contribution in [3.8, 4) is 17.2 Å². The molecule has 0 aliphatic heterocycles. The molecule has 4 N–H and O–H groups in total. The van der Waals surface area contributed by atoms with E-state index < -0.39 is 11.8 Å². The van der Waals surface area contributed by atoms with Gasteiger partial charge in [0.25, 0.3) is 11.8 Å². The van der Waals surface area contributed by atoms with Gasteiger partial charge in [0.1, 0.15) is 5.75 Å². The number of aromatic nitrogens is 1. The maximum Gasteiger partial charge on any atom is 0.255 e. The molecule has 0 aliphatic rings. The number of aromatic hydroxyl groups is 1. The van der Waals surface area contributed by atoms with Gasteiger partial charge in [-0.25, -0.2) is 0 Å². The molecule has 1 aromatic heterocycles. The van der Waals surface area contributed by atoms with Crippen molar-refractivity contribution in [3.05, 3.63) is 52.7 Å². The van der Waals surface area contributed by atoms with Gasteiger partial charge in [0.2, 0.25) is 0 Å². The Kier molecular flexibility index (Phi) is 5.27. The number of nitrogens with two attached hydrogens (primary N) is 1. The zero-order chi connectivity index (χ0) is 21.3. The van der Waals surface area contributed by atoms with Crippen LogP contribution in [-0.4, -0.2) is 36.1 Å². The molecule has 2 amide bonds. The van der Waals surface area contributed by atoms with E-state index in [2.05, 4.69) is 10.3 Å². The van der Waals surface area contributed by atoms with Crippen LogP contribution in [0.4, 0.5) is 5.69 Å². The van der Waals surface area contributed by atoms with Crippen molar-refractivity contribution in [2.24, 2.45) is 5.73 Å². The number of phenols is 1. The third-order valence-corrected chi connectivity index (χ3v) is 4.66. The lowest BCUT2D eigenvalue weighted by atomic mass is 10.0. The summed E-state index contributed by atoms with van der Waals surface area (Å²) in [5, 5.41) is 13.1. The minimum absolute atomic E-state index is 0.0613. The van der Waals surface area contributed by atoms with E-state index in [4.69, 9.17) is 15.2 Å². The average Bonchev–Trinajstić information content (AvgIpc) is 2.69. The number of carbonyl (C=O) groups is 2. The number of hydrogen-bond donors (Lipinski definition) is 3. The fourth-order valence-electron chi connectivity index (χ4n) is 3.07. The van der Waals surface area contributed by atoms with Gasteiger partial charge in [0.15, 0.2) is 11.5 Å². The van der Waals surface area contributed by atoms with Crippen molar-refractivity contribution in [1.29, 1.82) is 0 Å². The molecule has 8 heteroatoms. The Labute approximate surface area is 167 Å². The Balaban J connectivity index is 2.18. The summed E-state index contributed by atoms with van der Waals surface area (Å²) in [5.74, 6) is -0.210. The van der Waals surface area contributed by atoms with E-state index in [1.807, 2.05) is 0 Å². The Bertz CT molecular complexity index is 1140. The van der Waals surface area contributed by atoms with Crippen LogP contribution < -0.4 is 20.5 Å². The third kappa shape index (κ3) is 3.64. The number of methoxy groups -OCH3 is 2. The monoisotopic (exact) mass is 395 g/mol. The van der Waals surface area contributed by atoms with Gasteiger partial charge >= 0.3 is 0 Å². The SMILES string of the molecule is COc1cc2ncc(C(N)=O)c(NC(=O)c3cc(C)c(O)cc3C)c2cc1OC. The van der Waals surface area contributed by atoms with Crippen LogP contribution in [0.1, 0.15) is 31.8 Å². The van der Waals surface area contributed by atoms with E-state index in [-0.39, 0.29) is 17.0 Å². The van der Waals surface area contributed by atoms with Gasteiger partial charge in [-0.2, -0.15) is 0 Å². The highest BCUT2D eigenvalue weighted by Crippen LogP contribution is 2.36. The summed E-state index contributed by atoms with van der Waals surface area (Å²) in [7, 11) is 2.98. The lowest BCUT2D eigenvalue weighted by Gasteiger charge is -2.16. The van der Waals surface area contributed by atoms with Gasteiger partial charge in [-0.3, -0.25) is 14.6 Å². The van der Waals surface area contributed by atoms with Gasteiger partial charge < -0.3 is 25.6 Å². The number of pyridine rings is 1. The number of amides is 2. The Morgan fingerprint density at radius 2 is 1.66 bits per heavy atom. The number of primary amides is 1. The number of anilines is 1. The summed E-state index contributed by atoms with van der Waals surface area (Å²) >= 11 is 0. The molecule has 29 heavy (non-hydrogen) atoms. The van der Waals surface area contributed by atoms with Gasteiger partial charge in [0.05, 0.1) is 31.0 Å². The Hall–Kier alpha value is -3.81. The normalized spacial score (nSPS) is 10.6. The molecule has 8 nitrogen and oxygen atoms in total. The summed E-state index contributed by atoms with van der Waals surface area (Å²) < 4.78 is 10.6. The number of nitrogens with one attached hydrogen (secondary N) is 1. The predicted octanol–water partition coefficient (Wildman–Crippen LogP) is 2.93. The van der Waals surface area contributed by atoms with Gasteiger partial charge in [0, 0.05) is 23.2 Å². The second kappa shape index (κ2) is 7.67. The van der Waals surface area contributed by atoms with Crippen molar-refractivity contribution in [2.75, 3.05) is 19.5 Å². The van der Waals surface area contributed by atoms with Crippen molar-refractivity contribution in [1.82, 2.24) is 4.98 Å². The van der Waals surface area contributed by atoms with Crippen molar-refractivity contribution < 1.29 is 24.2 Å². The molecule has 0 spiro atoms. The highest BCUT2D eigenvalue weighted by atomic mass is 16.5. The molecule has 0 bridgehead atoms. The number of hydrogen-bond acceptors (Lipinski definition) is 6. The Morgan fingerprint density at radius 3 is 2.28 bits per heavy atom.